The van der Waals surface area contributed by atoms with E-state index >= 15 is 0 Å². The number of rotatable bonds is 5. The van der Waals surface area contributed by atoms with Crippen LogP contribution in [-0.2, 0) is 27.9 Å². The number of aliphatic carboxylic acids is 1. The number of carboxylic acids is 1. The largest absolute Gasteiger partial charge is 0.490 e. The Bertz CT molecular complexity index is 723. The second-order valence-electron chi connectivity index (χ2n) is 8.01. The lowest BCUT2D eigenvalue weighted by Gasteiger charge is -2.33. The fourth-order valence-electron chi connectivity index (χ4n) is 3.97. The molecule has 1 amide bonds. The molecule has 2 fully saturated rings. The molecule has 30 heavy (non-hydrogen) atoms. The number of carboxylic acid groups (broad SMARTS) is 1. The molecule has 8 nitrogen and oxygen atoms in total. The van der Waals surface area contributed by atoms with Crippen molar-refractivity contribution < 1.29 is 32.6 Å². The number of amides is 1. The van der Waals surface area contributed by atoms with E-state index in [1.165, 1.54) is 18.4 Å². The molecule has 1 saturated carbocycles. The first-order valence-electron chi connectivity index (χ1n) is 9.79. The van der Waals surface area contributed by atoms with Crippen LogP contribution in [0, 0.1) is 11.8 Å². The Morgan fingerprint density at radius 3 is 2.50 bits per heavy atom. The summed E-state index contributed by atoms with van der Waals surface area (Å²) in [7, 11) is 5.51. The number of nitrogens with zero attached hydrogens (tertiary/aromatic N) is 4. The third-order valence-corrected chi connectivity index (χ3v) is 5.44. The van der Waals surface area contributed by atoms with Crippen molar-refractivity contribution in [2.24, 2.45) is 18.9 Å². The summed E-state index contributed by atoms with van der Waals surface area (Å²) in [4.78, 5) is 24.8. The zero-order valence-electron chi connectivity index (χ0n) is 17.4. The lowest BCUT2D eigenvalue weighted by atomic mass is 9.79. The van der Waals surface area contributed by atoms with Crippen molar-refractivity contribution in [3.05, 3.63) is 18.0 Å². The zero-order valence-corrected chi connectivity index (χ0v) is 17.4. The maximum atomic E-state index is 11.8. The van der Waals surface area contributed by atoms with Gasteiger partial charge >= 0.3 is 12.1 Å². The molecule has 2 heterocycles. The van der Waals surface area contributed by atoms with Crippen molar-refractivity contribution in [1.82, 2.24) is 19.6 Å². The summed E-state index contributed by atoms with van der Waals surface area (Å²) >= 11 is 0. The second kappa shape index (κ2) is 10.3. The van der Waals surface area contributed by atoms with Crippen LogP contribution >= 0.6 is 0 Å². The predicted molar refractivity (Wildman–Crippen MR) is 101 cm³/mol. The maximum Gasteiger partial charge on any atom is 0.490 e. The van der Waals surface area contributed by atoms with Crippen LogP contribution < -0.4 is 0 Å². The van der Waals surface area contributed by atoms with E-state index in [4.69, 9.17) is 14.6 Å². The van der Waals surface area contributed by atoms with Gasteiger partial charge < -0.3 is 14.7 Å². The lowest BCUT2D eigenvalue weighted by Crippen LogP contribution is -2.37. The molecule has 3 atom stereocenters. The van der Waals surface area contributed by atoms with Gasteiger partial charge in [-0.25, -0.2) is 4.79 Å². The first-order valence-corrected chi connectivity index (χ1v) is 9.79. The third-order valence-electron chi connectivity index (χ3n) is 5.44. The molecular formula is C19H29F3N4O4. The maximum absolute atomic E-state index is 11.8. The minimum absolute atomic E-state index is 0.0531. The highest BCUT2D eigenvalue weighted by molar-refractivity contribution is 5.76. The van der Waals surface area contributed by atoms with Gasteiger partial charge in [0.15, 0.2) is 0 Å². The van der Waals surface area contributed by atoms with Gasteiger partial charge in [-0.2, -0.15) is 18.3 Å². The number of alkyl halides is 3. The van der Waals surface area contributed by atoms with E-state index in [0.29, 0.717) is 11.8 Å². The number of fused-ring (bicyclic) bond motifs is 1. The SMILES string of the molecule is CN(C)C(=O)CO[C@@H]1CCC[C@H]2CN(Cc3cnn(C)c3)C[C@H]21.O=C(O)C(F)(F)F. The Morgan fingerprint density at radius 2 is 1.97 bits per heavy atom. The van der Waals surface area contributed by atoms with Gasteiger partial charge in [0, 0.05) is 58.5 Å². The number of carbonyl (C=O) groups is 2. The Hall–Kier alpha value is -2.14. The molecule has 1 N–H and O–H groups in total. The summed E-state index contributed by atoms with van der Waals surface area (Å²) in [6, 6.07) is 0. The van der Waals surface area contributed by atoms with E-state index < -0.39 is 12.1 Å². The summed E-state index contributed by atoms with van der Waals surface area (Å²) in [5.74, 6) is -1.43. The number of halogens is 3. The standard InChI is InChI=1S/C17H28N4O2.C2HF3O2/c1-19(2)17(22)12-23-16-6-4-5-14-10-21(11-15(14)16)9-13-7-18-20(3)8-13;3-2(4,5)1(6)7/h7-8,14-16H,4-6,9-12H2,1-3H3;(H,6,7)/t14-,15+,16+;/m0./s1. The van der Waals surface area contributed by atoms with E-state index in [2.05, 4.69) is 16.2 Å². The number of hydrogen-bond donors (Lipinski definition) is 1. The minimum atomic E-state index is -5.08. The number of carbonyl (C=O) groups excluding carboxylic acids is 1. The Kier molecular flexibility index (Phi) is 8.25. The van der Waals surface area contributed by atoms with Crippen LogP contribution in [0.5, 0.6) is 0 Å². The van der Waals surface area contributed by atoms with Crippen molar-refractivity contribution in [3.63, 3.8) is 0 Å². The first kappa shape index (κ1) is 24.1. The van der Waals surface area contributed by atoms with Gasteiger partial charge in [0.05, 0.1) is 12.3 Å². The fraction of sp³-hybridized carbons (Fsp3) is 0.737. The van der Waals surface area contributed by atoms with E-state index in [9.17, 15) is 18.0 Å². The molecule has 1 aromatic rings. The molecule has 0 bridgehead atoms. The number of aromatic nitrogens is 2. The van der Waals surface area contributed by atoms with Crippen molar-refractivity contribution in [2.75, 3.05) is 33.8 Å². The summed E-state index contributed by atoms with van der Waals surface area (Å²) in [5, 5.41) is 11.4. The molecule has 0 aromatic carbocycles. The molecule has 1 aliphatic carbocycles. The van der Waals surface area contributed by atoms with Gasteiger partial charge in [-0.05, 0) is 18.8 Å². The molecule has 1 saturated heterocycles. The lowest BCUT2D eigenvalue weighted by molar-refractivity contribution is -0.192. The van der Waals surface area contributed by atoms with Crippen LogP contribution in [0.1, 0.15) is 24.8 Å². The summed E-state index contributed by atoms with van der Waals surface area (Å²) < 4.78 is 39.6. The highest BCUT2D eigenvalue weighted by atomic mass is 19.4. The third kappa shape index (κ3) is 6.98. The van der Waals surface area contributed by atoms with Crippen molar-refractivity contribution in [2.45, 2.75) is 38.1 Å². The van der Waals surface area contributed by atoms with Crippen LogP contribution in [0.2, 0.25) is 0 Å². The number of likely N-dealkylation sites (tertiary alicyclic amines) is 1. The van der Waals surface area contributed by atoms with Crippen molar-refractivity contribution >= 4 is 11.9 Å². The number of likely N-dealkylation sites (N-methyl/N-ethyl adjacent to an activating group) is 1. The smallest absolute Gasteiger partial charge is 0.475 e. The van der Waals surface area contributed by atoms with Crippen molar-refractivity contribution in [1.29, 1.82) is 0 Å². The molecule has 0 unspecified atom stereocenters. The van der Waals surface area contributed by atoms with Crippen LogP contribution in [0.25, 0.3) is 0 Å². The molecule has 3 rings (SSSR count). The molecular weight excluding hydrogens is 405 g/mol. The molecule has 0 radical (unpaired) electrons. The van der Waals surface area contributed by atoms with Crippen LogP contribution in [0.4, 0.5) is 13.2 Å². The second-order valence-corrected chi connectivity index (χ2v) is 8.01. The van der Waals surface area contributed by atoms with Gasteiger partial charge in [-0.3, -0.25) is 14.4 Å². The van der Waals surface area contributed by atoms with E-state index in [-0.39, 0.29) is 18.6 Å². The van der Waals surface area contributed by atoms with E-state index in [0.717, 1.165) is 26.1 Å². The highest BCUT2D eigenvalue weighted by Gasteiger charge is 2.41. The average molecular weight is 434 g/mol. The Balaban J connectivity index is 0.000000396. The Morgan fingerprint density at radius 1 is 1.30 bits per heavy atom. The number of ether oxygens (including phenoxy) is 1. The van der Waals surface area contributed by atoms with Gasteiger partial charge in [-0.1, -0.05) is 6.42 Å². The van der Waals surface area contributed by atoms with Crippen LogP contribution in [0.15, 0.2) is 12.4 Å². The van der Waals surface area contributed by atoms with E-state index in [1.54, 1.807) is 19.0 Å². The first-order chi connectivity index (χ1) is 14.0. The minimum Gasteiger partial charge on any atom is -0.475 e. The topological polar surface area (TPSA) is 87.9 Å². The number of hydrogen-bond acceptors (Lipinski definition) is 5. The molecule has 1 aliphatic heterocycles. The Labute approximate surface area is 173 Å². The normalized spacial score (nSPS) is 24.0. The van der Waals surface area contributed by atoms with Gasteiger partial charge in [0.1, 0.15) is 6.61 Å². The summed E-state index contributed by atoms with van der Waals surface area (Å²) in [5.41, 5.74) is 1.27. The highest BCUT2D eigenvalue weighted by Crippen LogP contribution is 2.38. The zero-order chi connectivity index (χ0) is 22.5. The molecule has 0 spiro atoms. The summed E-state index contributed by atoms with van der Waals surface area (Å²) in [6.07, 6.45) is 2.77. The van der Waals surface area contributed by atoms with Crippen LogP contribution in [0.3, 0.4) is 0 Å². The predicted octanol–water partition coefficient (Wildman–Crippen LogP) is 1.76. The quantitative estimate of drug-likeness (QED) is 0.760. The van der Waals surface area contributed by atoms with Gasteiger partial charge in [0.25, 0.3) is 0 Å². The van der Waals surface area contributed by atoms with E-state index in [1.807, 2.05) is 17.9 Å². The number of aryl methyl sites for hydroxylation is 1. The average Bonchev–Trinajstić information content (AvgIpc) is 3.25. The van der Waals surface area contributed by atoms with Gasteiger partial charge in [-0.15, -0.1) is 0 Å². The molecule has 170 valence electrons. The fourth-order valence-corrected chi connectivity index (χ4v) is 3.97. The van der Waals surface area contributed by atoms with Crippen LogP contribution in [-0.4, -0.2) is 82.6 Å². The monoisotopic (exact) mass is 434 g/mol. The van der Waals surface area contributed by atoms with Gasteiger partial charge in [0.2, 0.25) is 5.91 Å². The molecule has 2 aliphatic rings. The summed E-state index contributed by atoms with van der Waals surface area (Å²) in [6.45, 7) is 3.38. The molecule has 1 aromatic heterocycles. The van der Waals surface area contributed by atoms with Crippen molar-refractivity contribution in [3.8, 4) is 0 Å². The molecule has 11 heteroatoms.